The molecular weight excluding hydrogens is 282 g/mol. The van der Waals surface area contributed by atoms with Crippen molar-refractivity contribution in [2.45, 2.75) is 11.8 Å². The van der Waals surface area contributed by atoms with Crippen molar-refractivity contribution in [3.63, 3.8) is 0 Å². The van der Waals surface area contributed by atoms with Gasteiger partial charge in [0.15, 0.2) is 9.84 Å². The maximum atomic E-state index is 12.2. The Labute approximate surface area is 119 Å². The van der Waals surface area contributed by atoms with Crippen molar-refractivity contribution in [3.8, 4) is 5.75 Å². The smallest absolute Gasteiger partial charge is 0.182 e. The second kappa shape index (κ2) is 8.08. The van der Waals surface area contributed by atoms with Crippen LogP contribution in [0.1, 0.15) is 6.92 Å². The average molecular weight is 303 g/mol. The highest BCUT2D eigenvalue weighted by Gasteiger charge is 2.18. The van der Waals surface area contributed by atoms with Crippen molar-refractivity contribution >= 4 is 15.5 Å². The normalized spacial score (nSPS) is 11.5. The Balaban J connectivity index is 2.73. The lowest BCUT2D eigenvalue weighted by atomic mass is 10.3. The molecule has 0 atom stereocenters. The maximum Gasteiger partial charge on any atom is 0.182 e. The third-order valence-corrected chi connectivity index (χ3v) is 4.29. The molecule has 2 N–H and O–H groups in total. The third kappa shape index (κ3) is 4.99. The molecule has 1 aromatic carbocycles. The van der Waals surface area contributed by atoms with Crippen LogP contribution in [0.3, 0.4) is 0 Å². The van der Waals surface area contributed by atoms with Crippen LogP contribution >= 0.6 is 0 Å². The highest BCUT2D eigenvalue weighted by atomic mass is 32.2. The van der Waals surface area contributed by atoms with Crippen LogP contribution in [-0.2, 0) is 19.3 Å². The second-order valence-electron chi connectivity index (χ2n) is 4.06. The summed E-state index contributed by atoms with van der Waals surface area (Å²) in [6.45, 7) is 3.18. The number of sulfone groups is 1. The van der Waals surface area contributed by atoms with Crippen LogP contribution in [0, 0.1) is 0 Å². The Kier molecular flexibility index (Phi) is 6.77. The predicted octanol–water partition coefficient (Wildman–Crippen LogP) is 1.10. The molecule has 0 unspecified atom stereocenters. The van der Waals surface area contributed by atoms with Crippen molar-refractivity contribution < 1.29 is 22.6 Å². The second-order valence-corrected chi connectivity index (χ2v) is 6.13. The predicted molar refractivity (Wildman–Crippen MR) is 76.8 cm³/mol. The first-order chi connectivity index (χ1) is 9.51. The SMILES string of the molecule is CCOc1ccc(N)c(S(=O)(=O)CCOCCOC)c1. The molecule has 6 nitrogen and oxygen atoms in total. The molecule has 0 amide bonds. The number of anilines is 1. The molecule has 1 aromatic rings. The Bertz CT molecular complexity index is 515. The Morgan fingerprint density at radius 1 is 1.20 bits per heavy atom. The summed E-state index contributed by atoms with van der Waals surface area (Å²) in [6.07, 6.45) is 0. The third-order valence-electron chi connectivity index (χ3n) is 2.56. The molecule has 0 heterocycles. The van der Waals surface area contributed by atoms with E-state index in [4.69, 9.17) is 19.9 Å². The number of benzene rings is 1. The molecule has 0 aromatic heterocycles. The van der Waals surface area contributed by atoms with E-state index >= 15 is 0 Å². The minimum absolute atomic E-state index is 0.0822. The van der Waals surface area contributed by atoms with Crippen LogP contribution in [0.5, 0.6) is 5.75 Å². The largest absolute Gasteiger partial charge is 0.494 e. The van der Waals surface area contributed by atoms with Gasteiger partial charge < -0.3 is 19.9 Å². The summed E-state index contributed by atoms with van der Waals surface area (Å²) in [5.74, 6) is 0.358. The molecule has 0 fully saturated rings. The molecule has 0 bridgehead atoms. The lowest BCUT2D eigenvalue weighted by molar-refractivity contribution is 0.0785. The Morgan fingerprint density at radius 3 is 2.60 bits per heavy atom. The van der Waals surface area contributed by atoms with Crippen LogP contribution in [0.2, 0.25) is 0 Å². The quantitative estimate of drug-likeness (QED) is 0.543. The average Bonchev–Trinajstić information content (AvgIpc) is 2.41. The van der Waals surface area contributed by atoms with E-state index in [0.29, 0.717) is 25.6 Å². The van der Waals surface area contributed by atoms with E-state index in [9.17, 15) is 8.42 Å². The molecule has 0 saturated heterocycles. The number of rotatable bonds is 9. The first kappa shape index (κ1) is 16.7. The van der Waals surface area contributed by atoms with Crippen molar-refractivity contribution in [1.82, 2.24) is 0 Å². The van der Waals surface area contributed by atoms with Crippen LogP contribution in [0.4, 0.5) is 5.69 Å². The maximum absolute atomic E-state index is 12.2. The molecule has 0 radical (unpaired) electrons. The monoisotopic (exact) mass is 303 g/mol. The van der Waals surface area contributed by atoms with Crippen molar-refractivity contribution in [2.75, 3.05) is 45.0 Å². The van der Waals surface area contributed by atoms with Gasteiger partial charge in [0.2, 0.25) is 0 Å². The zero-order valence-corrected chi connectivity index (χ0v) is 12.6. The number of ether oxygens (including phenoxy) is 3. The Hall–Kier alpha value is -1.31. The molecule has 0 aliphatic heterocycles. The van der Waals surface area contributed by atoms with Crippen LogP contribution in [-0.4, -0.2) is 47.7 Å². The van der Waals surface area contributed by atoms with Crippen molar-refractivity contribution in [2.24, 2.45) is 0 Å². The van der Waals surface area contributed by atoms with Gasteiger partial charge in [0.05, 0.1) is 42.8 Å². The number of hydrogen-bond acceptors (Lipinski definition) is 6. The molecular formula is C13H21NO5S. The number of hydrogen-bond donors (Lipinski definition) is 1. The summed E-state index contributed by atoms with van der Waals surface area (Å²) >= 11 is 0. The van der Waals surface area contributed by atoms with Gasteiger partial charge in [-0.25, -0.2) is 8.42 Å². The zero-order chi connectivity index (χ0) is 15.0. The number of nitrogens with two attached hydrogens (primary N) is 1. The van der Waals surface area contributed by atoms with Crippen molar-refractivity contribution in [1.29, 1.82) is 0 Å². The topological polar surface area (TPSA) is 87.9 Å². The van der Waals surface area contributed by atoms with Gasteiger partial charge in [0.1, 0.15) is 5.75 Å². The number of nitrogen functional groups attached to an aromatic ring is 1. The summed E-state index contributed by atoms with van der Waals surface area (Å²) in [5, 5.41) is 0. The highest BCUT2D eigenvalue weighted by Crippen LogP contribution is 2.25. The summed E-state index contributed by atoms with van der Waals surface area (Å²) < 4.78 is 39.7. The highest BCUT2D eigenvalue weighted by molar-refractivity contribution is 7.91. The van der Waals surface area contributed by atoms with E-state index in [1.807, 2.05) is 6.92 Å². The molecule has 0 aliphatic rings. The van der Waals surface area contributed by atoms with Gasteiger partial charge in [-0.05, 0) is 19.1 Å². The first-order valence-electron chi connectivity index (χ1n) is 6.33. The lowest BCUT2D eigenvalue weighted by Crippen LogP contribution is -2.15. The summed E-state index contributed by atoms with van der Waals surface area (Å²) in [6, 6.07) is 4.62. The van der Waals surface area contributed by atoms with E-state index < -0.39 is 9.84 Å². The van der Waals surface area contributed by atoms with Crippen LogP contribution in [0.25, 0.3) is 0 Å². The molecule has 0 saturated carbocycles. The zero-order valence-electron chi connectivity index (χ0n) is 11.8. The fourth-order valence-electron chi connectivity index (χ4n) is 1.56. The van der Waals surface area contributed by atoms with Gasteiger partial charge in [-0.2, -0.15) is 0 Å². The summed E-state index contributed by atoms with van der Waals surface area (Å²) in [5.41, 5.74) is 5.94. The minimum Gasteiger partial charge on any atom is -0.494 e. The van der Waals surface area contributed by atoms with Gasteiger partial charge in [0.25, 0.3) is 0 Å². The summed E-state index contributed by atoms with van der Waals surface area (Å²) in [4.78, 5) is 0.0822. The fraction of sp³-hybridized carbons (Fsp3) is 0.538. The van der Waals surface area contributed by atoms with Crippen LogP contribution in [0.15, 0.2) is 23.1 Å². The first-order valence-corrected chi connectivity index (χ1v) is 7.98. The van der Waals surface area contributed by atoms with Gasteiger partial charge in [-0.1, -0.05) is 0 Å². The molecule has 7 heteroatoms. The van der Waals surface area contributed by atoms with E-state index in [2.05, 4.69) is 0 Å². The van der Waals surface area contributed by atoms with Gasteiger partial charge in [-0.15, -0.1) is 0 Å². The standard InChI is InChI=1S/C13H21NO5S/c1-3-19-11-4-5-12(14)13(10-11)20(15,16)9-8-18-7-6-17-2/h4-5,10H,3,6-9,14H2,1-2H3. The van der Waals surface area contributed by atoms with E-state index in [1.165, 1.54) is 12.1 Å². The fourth-order valence-corrected chi connectivity index (χ4v) is 2.84. The molecule has 0 aliphatic carbocycles. The molecule has 20 heavy (non-hydrogen) atoms. The van der Waals surface area contributed by atoms with Gasteiger partial charge in [-0.3, -0.25) is 0 Å². The lowest BCUT2D eigenvalue weighted by Gasteiger charge is -2.10. The minimum atomic E-state index is -3.49. The van der Waals surface area contributed by atoms with E-state index in [0.717, 1.165) is 0 Å². The van der Waals surface area contributed by atoms with Gasteiger partial charge in [0, 0.05) is 13.2 Å². The molecule has 0 spiro atoms. The molecule has 1 rings (SSSR count). The number of methoxy groups -OCH3 is 1. The van der Waals surface area contributed by atoms with Gasteiger partial charge >= 0.3 is 0 Å². The van der Waals surface area contributed by atoms with Crippen molar-refractivity contribution in [3.05, 3.63) is 18.2 Å². The summed E-state index contributed by atoms with van der Waals surface area (Å²) in [7, 11) is -1.93. The molecule has 114 valence electrons. The van der Waals surface area contributed by atoms with E-state index in [-0.39, 0.29) is 22.9 Å². The van der Waals surface area contributed by atoms with Crippen LogP contribution < -0.4 is 10.5 Å². The Morgan fingerprint density at radius 2 is 1.95 bits per heavy atom. The van der Waals surface area contributed by atoms with E-state index in [1.54, 1.807) is 13.2 Å².